The monoisotopic (exact) mass is 588 g/mol. The number of fused-ring (bicyclic) bond motifs is 1. The number of carbonyl (C=O) groups is 5. The fourth-order valence-electron chi connectivity index (χ4n) is 4.32. The van der Waals surface area contributed by atoms with Crippen LogP contribution in [0.3, 0.4) is 0 Å². The van der Waals surface area contributed by atoms with E-state index in [1.165, 1.54) is 0 Å². The van der Waals surface area contributed by atoms with Gasteiger partial charge in [-0.25, -0.2) is 4.79 Å². The topological polar surface area (TPSA) is 268 Å². The summed E-state index contributed by atoms with van der Waals surface area (Å²) in [5.74, 6) is -5.26. The van der Waals surface area contributed by atoms with E-state index in [1.54, 1.807) is 12.3 Å². The van der Waals surface area contributed by atoms with Gasteiger partial charge in [0, 0.05) is 30.1 Å². The van der Waals surface area contributed by atoms with Crippen molar-refractivity contribution >= 4 is 46.5 Å². The van der Waals surface area contributed by atoms with Crippen LogP contribution in [0.5, 0.6) is 0 Å². The molecule has 0 saturated heterocycles. The predicted octanol–water partition coefficient (Wildman–Crippen LogP) is -0.849. The Labute approximate surface area is 242 Å². The van der Waals surface area contributed by atoms with Gasteiger partial charge in [0.2, 0.25) is 17.7 Å². The van der Waals surface area contributed by atoms with E-state index >= 15 is 0 Å². The first kappa shape index (κ1) is 33.5. The van der Waals surface area contributed by atoms with E-state index in [4.69, 9.17) is 17.2 Å². The Morgan fingerprint density at radius 2 is 1.55 bits per heavy atom. The molecule has 0 aliphatic heterocycles. The van der Waals surface area contributed by atoms with Crippen LogP contribution in [0.15, 0.2) is 35.5 Å². The Balaban J connectivity index is 2.23. The van der Waals surface area contributed by atoms with Crippen molar-refractivity contribution in [3.8, 4) is 0 Å². The van der Waals surface area contributed by atoms with E-state index < -0.39 is 60.2 Å². The third-order valence-electron chi connectivity index (χ3n) is 6.37. The number of H-pyrrole nitrogens is 1. The van der Waals surface area contributed by atoms with Crippen molar-refractivity contribution in [2.75, 3.05) is 6.54 Å². The van der Waals surface area contributed by atoms with E-state index in [9.17, 15) is 34.2 Å². The number of aromatic amines is 1. The van der Waals surface area contributed by atoms with Gasteiger partial charge < -0.3 is 48.3 Å². The minimum atomic E-state index is -1.54. The second-order valence-electron chi connectivity index (χ2n) is 10.4. The molecule has 0 radical (unpaired) electrons. The van der Waals surface area contributed by atoms with Crippen LogP contribution in [0.1, 0.15) is 45.1 Å². The number of aromatic nitrogens is 1. The smallest absolute Gasteiger partial charge is 0.326 e. The lowest BCUT2D eigenvalue weighted by Crippen LogP contribution is -2.57. The number of hydrogen-bond acceptors (Lipinski definition) is 7. The number of hydrogen-bond donors (Lipinski definition) is 9. The standard InChI is InChI=1S/C27H40N8O7/c1-14(2)10-17(28)23(38)34-20(12-22(36)37)25(40)33-19(8-5-9-31-27(29)30)24(39)35-21(26(41)42)11-15-13-32-18-7-4-3-6-16(15)18/h3-4,6-7,13-14,17,19-21,32H,5,8-12,28H2,1-2H3,(H,33,40)(H,34,38)(H,35,39)(H,36,37)(H,41,42)(H4,29,30,31). The average molecular weight is 589 g/mol. The molecular formula is C27H40N8O7. The third kappa shape index (κ3) is 10.7. The van der Waals surface area contributed by atoms with Crippen molar-refractivity contribution in [2.24, 2.45) is 28.1 Å². The van der Waals surface area contributed by atoms with E-state index in [2.05, 4.69) is 25.9 Å². The maximum absolute atomic E-state index is 13.3. The molecule has 0 aliphatic carbocycles. The van der Waals surface area contributed by atoms with Crippen LogP contribution in [0.2, 0.25) is 0 Å². The number of nitrogens with zero attached hydrogens (tertiary/aromatic N) is 1. The molecule has 0 saturated carbocycles. The van der Waals surface area contributed by atoms with Crippen LogP contribution in [0.25, 0.3) is 10.9 Å². The number of aliphatic imine (C=N–C) groups is 1. The van der Waals surface area contributed by atoms with Crippen molar-refractivity contribution in [1.29, 1.82) is 0 Å². The number of nitrogens with one attached hydrogen (secondary N) is 4. The Morgan fingerprint density at radius 1 is 0.929 bits per heavy atom. The molecule has 0 spiro atoms. The zero-order valence-electron chi connectivity index (χ0n) is 23.6. The quantitative estimate of drug-likeness (QED) is 0.0627. The number of aliphatic carboxylic acids is 2. The van der Waals surface area contributed by atoms with Gasteiger partial charge >= 0.3 is 11.9 Å². The summed E-state index contributed by atoms with van der Waals surface area (Å²) in [6.07, 6.45) is 1.33. The summed E-state index contributed by atoms with van der Waals surface area (Å²) in [5.41, 5.74) is 18.0. The van der Waals surface area contributed by atoms with E-state index in [1.807, 2.05) is 32.0 Å². The molecule has 15 nitrogen and oxygen atoms in total. The van der Waals surface area contributed by atoms with Gasteiger partial charge in [0.1, 0.15) is 18.1 Å². The minimum Gasteiger partial charge on any atom is -0.481 e. The number of carbonyl (C=O) groups excluding carboxylic acids is 3. The molecule has 2 rings (SSSR count). The van der Waals surface area contributed by atoms with Gasteiger partial charge in [-0.1, -0.05) is 32.0 Å². The Morgan fingerprint density at radius 3 is 2.17 bits per heavy atom. The highest BCUT2D eigenvalue weighted by Crippen LogP contribution is 2.19. The Hall–Kier alpha value is -4.66. The zero-order valence-corrected chi connectivity index (χ0v) is 23.6. The van der Waals surface area contributed by atoms with Crippen molar-refractivity contribution < 1.29 is 34.2 Å². The molecule has 1 aromatic carbocycles. The summed E-state index contributed by atoms with van der Waals surface area (Å²) in [5, 5.41) is 27.2. The van der Waals surface area contributed by atoms with Crippen molar-refractivity contribution in [1.82, 2.24) is 20.9 Å². The molecule has 0 bridgehead atoms. The SMILES string of the molecule is CC(C)CC(N)C(=O)NC(CC(=O)O)C(=O)NC(CCCN=C(N)N)C(=O)NC(Cc1c[nH]c2ccccc12)C(=O)O. The van der Waals surface area contributed by atoms with Gasteiger partial charge in [-0.2, -0.15) is 0 Å². The van der Waals surface area contributed by atoms with Gasteiger partial charge in [-0.15, -0.1) is 0 Å². The van der Waals surface area contributed by atoms with Crippen LogP contribution in [0.4, 0.5) is 0 Å². The second-order valence-corrected chi connectivity index (χ2v) is 10.4. The molecule has 4 atom stereocenters. The number of guanidine groups is 1. The maximum Gasteiger partial charge on any atom is 0.326 e. The first-order valence-electron chi connectivity index (χ1n) is 13.5. The molecule has 4 unspecified atom stereocenters. The van der Waals surface area contributed by atoms with Gasteiger partial charge in [-0.05, 0) is 36.8 Å². The molecule has 12 N–H and O–H groups in total. The summed E-state index contributed by atoms with van der Waals surface area (Å²) in [6, 6.07) is 2.11. The van der Waals surface area contributed by atoms with E-state index in [0.717, 1.165) is 10.9 Å². The molecule has 42 heavy (non-hydrogen) atoms. The molecular weight excluding hydrogens is 548 g/mol. The molecule has 2 aromatic rings. The van der Waals surface area contributed by atoms with Gasteiger partial charge in [0.25, 0.3) is 0 Å². The third-order valence-corrected chi connectivity index (χ3v) is 6.37. The normalized spacial score (nSPS) is 13.9. The molecule has 1 heterocycles. The number of carboxylic acids is 2. The van der Waals surface area contributed by atoms with Crippen LogP contribution in [0, 0.1) is 5.92 Å². The second kappa shape index (κ2) is 16.0. The number of nitrogens with two attached hydrogens (primary N) is 3. The summed E-state index contributed by atoms with van der Waals surface area (Å²) >= 11 is 0. The number of rotatable bonds is 17. The first-order chi connectivity index (χ1) is 19.8. The van der Waals surface area contributed by atoms with Crippen molar-refractivity contribution in [3.63, 3.8) is 0 Å². The Kier molecular flexibility index (Phi) is 12.7. The zero-order chi connectivity index (χ0) is 31.4. The van der Waals surface area contributed by atoms with Crippen LogP contribution >= 0.6 is 0 Å². The lowest BCUT2D eigenvalue weighted by atomic mass is 10.0. The molecule has 230 valence electrons. The first-order valence-corrected chi connectivity index (χ1v) is 13.5. The van der Waals surface area contributed by atoms with E-state index in [0.29, 0.717) is 12.0 Å². The molecule has 3 amide bonds. The molecule has 0 aliphatic rings. The highest BCUT2D eigenvalue weighted by atomic mass is 16.4. The van der Waals surface area contributed by atoms with Crippen LogP contribution < -0.4 is 33.2 Å². The molecule has 15 heteroatoms. The number of para-hydroxylation sites is 1. The van der Waals surface area contributed by atoms with Crippen molar-refractivity contribution in [3.05, 3.63) is 36.0 Å². The molecule has 1 aromatic heterocycles. The summed E-state index contributed by atoms with van der Waals surface area (Å²) in [7, 11) is 0. The van der Waals surface area contributed by atoms with Crippen molar-refractivity contribution in [2.45, 2.75) is 70.1 Å². The fraction of sp³-hybridized carbons (Fsp3) is 0.481. The predicted molar refractivity (Wildman–Crippen MR) is 155 cm³/mol. The average Bonchev–Trinajstić information content (AvgIpc) is 3.31. The van der Waals surface area contributed by atoms with Gasteiger partial charge in [0.15, 0.2) is 5.96 Å². The highest BCUT2D eigenvalue weighted by molar-refractivity contribution is 5.95. The number of carboxylic acid groups (broad SMARTS) is 2. The summed E-state index contributed by atoms with van der Waals surface area (Å²) in [6.45, 7) is 3.81. The van der Waals surface area contributed by atoms with Gasteiger partial charge in [0.05, 0.1) is 12.5 Å². The fourth-order valence-corrected chi connectivity index (χ4v) is 4.32. The van der Waals surface area contributed by atoms with Gasteiger partial charge in [-0.3, -0.25) is 24.2 Å². The summed E-state index contributed by atoms with van der Waals surface area (Å²) in [4.78, 5) is 69.4. The largest absolute Gasteiger partial charge is 0.481 e. The maximum atomic E-state index is 13.3. The molecule has 0 fully saturated rings. The Bertz CT molecular complexity index is 1290. The van der Waals surface area contributed by atoms with E-state index in [-0.39, 0.29) is 37.7 Å². The van der Waals surface area contributed by atoms with Crippen LogP contribution in [-0.2, 0) is 30.4 Å². The lowest BCUT2D eigenvalue weighted by Gasteiger charge is -2.25. The number of amides is 3. The highest BCUT2D eigenvalue weighted by Gasteiger charge is 2.31. The minimum absolute atomic E-state index is 0.0195. The lowest BCUT2D eigenvalue weighted by molar-refractivity contribution is -0.143. The van der Waals surface area contributed by atoms with Crippen LogP contribution in [-0.4, -0.2) is 81.5 Å². The number of benzene rings is 1. The summed E-state index contributed by atoms with van der Waals surface area (Å²) < 4.78 is 0.